The Morgan fingerprint density at radius 3 is 2.28 bits per heavy atom. The van der Waals surface area contributed by atoms with E-state index in [0.29, 0.717) is 34.1 Å². The highest BCUT2D eigenvalue weighted by Gasteiger charge is 2.26. The predicted octanol–water partition coefficient (Wildman–Crippen LogP) is 5.74. The molecule has 6 nitrogen and oxygen atoms in total. The summed E-state index contributed by atoms with van der Waals surface area (Å²) in [6, 6.07) is 24.6. The fourth-order valence-corrected chi connectivity index (χ4v) is 4.15. The Hall–Kier alpha value is -4.58. The molecule has 0 amide bonds. The van der Waals surface area contributed by atoms with E-state index >= 15 is 0 Å². The number of ether oxygens (including phenoxy) is 1. The van der Waals surface area contributed by atoms with E-state index in [0.717, 1.165) is 28.3 Å². The molecule has 0 saturated carbocycles. The topological polar surface area (TPSA) is 72.4 Å². The number of carbonyl (C=O) groups is 2. The van der Waals surface area contributed by atoms with Gasteiger partial charge in [0, 0.05) is 22.5 Å². The van der Waals surface area contributed by atoms with Gasteiger partial charge in [0.1, 0.15) is 5.82 Å². The number of hydrogen-bond acceptors (Lipinski definition) is 6. The highest BCUT2D eigenvalue weighted by Crippen LogP contribution is 2.49. The summed E-state index contributed by atoms with van der Waals surface area (Å²) in [6.07, 6.45) is 1.99. The third-order valence-electron chi connectivity index (χ3n) is 5.57. The largest absolute Gasteiger partial charge is 0.453 e. The van der Waals surface area contributed by atoms with Gasteiger partial charge in [0.05, 0.1) is 22.4 Å². The molecule has 1 aliphatic rings. The molecule has 3 heterocycles. The Labute approximate surface area is 182 Å². The molecule has 0 saturated heterocycles. The number of para-hydroxylation sites is 4. The molecule has 32 heavy (non-hydrogen) atoms. The van der Waals surface area contributed by atoms with Gasteiger partial charge in [0.25, 0.3) is 0 Å². The zero-order valence-electron chi connectivity index (χ0n) is 16.7. The highest BCUT2D eigenvalue weighted by atomic mass is 16.5. The number of aldehydes is 1. The predicted molar refractivity (Wildman–Crippen MR) is 122 cm³/mol. The number of nitrogens with zero attached hydrogens (tertiary/aromatic N) is 3. The van der Waals surface area contributed by atoms with Crippen molar-refractivity contribution in [2.75, 3.05) is 4.90 Å². The lowest BCUT2D eigenvalue weighted by Crippen LogP contribution is -2.16. The zero-order valence-corrected chi connectivity index (χ0v) is 16.7. The second-order valence-electron chi connectivity index (χ2n) is 7.42. The van der Waals surface area contributed by atoms with Gasteiger partial charge in [-0.15, -0.1) is 0 Å². The number of benzene rings is 3. The van der Waals surface area contributed by atoms with Gasteiger partial charge >= 0.3 is 0 Å². The van der Waals surface area contributed by atoms with E-state index in [1.54, 1.807) is 24.4 Å². The summed E-state index contributed by atoms with van der Waals surface area (Å²) in [4.78, 5) is 34.9. The second-order valence-corrected chi connectivity index (χ2v) is 7.42. The summed E-state index contributed by atoms with van der Waals surface area (Å²) in [5, 5.41) is 1.34. The number of Topliss-reactive ketones (excluding diaryl/α,β-unsaturated/α-hetero) is 1. The molecular formula is C26H15N3O3. The van der Waals surface area contributed by atoms with Crippen molar-refractivity contribution < 1.29 is 14.3 Å². The third-order valence-corrected chi connectivity index (χ3v) is 5.57. The number of aromatic nitrogens is 2. The van der Waals surface area contributed by atoms with Crippen molar-refractivity contribution in [2.24, 2.45) is 0 Å². The standard InChI is InChI=1S/C26H15N3O3/c30-15-21(31)18-14-16-11-12-24(28-25(16)26-17(18)6-5-13-27-26)29-19-7-1-3-9-22(19)32-23-10-4-2-8-20(23)29/h1-15H. The normalized spacial score (nSPS) is 12.2. The lowest BCUT2D eigenvalue weighted by atomic mass is 10.0. The molecule has 6 heteroatoms. The molecule has 6 rings (SSSR count). The van der Waals surface area contributed by atoms with Gasteiger partial charge in [-0.2, -0.15) is 0 Å². The lowest BCUT2D eigenvalue weighted by molar-refractivity contribution is -0.104. The summed E-state index contributed by atoms with van der Waals surface area (Å²) in [7, 11) is 0. The first-order chi connectivity index (χ1) is 15.7. The number of hydrogen-bond donors (Lipinski definition) is 0. The van der Waals surface area contributed by atoms with Gasteiger partial charge in [0.15, 0.2) is 17.8 Å². The summed E-state index contributed by atoms with van der Waals surface area (Å²) in [6.45, 7) is 0. The molecule has 0 bridgehead atoms. The van der Waals surface area contributed by atoms with E-state index in [1.165, 1.54) is 0 Å². The van der Waals surface area contributed by atoms with Gasteiger partial charge in [-0.3, -0.25) is 19.5 Å². The van der Waals surface area contributed by atoms with Crippen LogP contribution in [-0.4, -0.2) is 22.0 Å². The SMILES string of the molecule is O=CC(=O)c1cc2ccc(N3c4ccccc4Oc4ccccc43)nc2c2ncccc12. The van der Waals surface area contributed by atoms with Crippen molar-refractivity contribution in [1.82, 2.24) is 9.97 Å². The molecule has 3 aromatic carbocycles. The molecule has 0 atom stereocenters. The molecule has 5 aromatic rings. The highest BCUT2D eigenvalue weighted by molar-refractivity contribution is 6.37. The van der Waals surface area contributed by atoms with Crippen LogP contribution in [-0.2, 0) is 4.79 Å². The van der Waals surface area contributed by atoms with E-state index in [4.69, 9.17) is 9.72 Å². The second kappa shape index (κ2) is 6.99. The van der Waals surface area contributed by atoms with Crippen molar-refractivity contribution in [1.29, 1.82) is 0 Å². The van der Waals surface area contributed by atoms with Gasteiger partial charge in [-0.1, -0.05) is 30.3 Å². The van der Waals surface area contributed by atoms with Crippen LogP contribution in [0.15, 0.2) is 85.1 Å². The van der Waals surface area contributed by atoms with Gasteiger partial charge in [-0.25, -0.2) is 4.98 Å². The monoisotopic (exact) mass is 417 g/mol. The Balaban J connectivity index is 1.63. The summed E-state index contributed by atoms with van der Waals surface area (Å²) in [5.41, 5.74) is 3.31. The summed E-state index contributed by atoms with van der Waals surface area (Å²) >= 11 is 0. The van der Waals surface area contributed by atoms with Gasteiger partial charge in [0.2, 0.25) is 5.78 Å². The minimum absolute atomic E-state index is 0.326. The molecular weight excluding hydrogens is 402 g/mol. The van der Waals surface area contributed by atoms with Crippen molar-refractivity contribution in [3.8, 4) is 11.5 Å². The van der Waals surface area contributed by atoms with Crippen LogP contribution in [0.25, 0.3) is 21.8 Å². The molecule has 0 unspecified atom stereocenters. The van der Waals surface area contributed by atoms with E-state index in [2.05, 4.69) is 4.98 Å². The Bertz CT molecular complexity index is 1520. The van der Waals surface area contributed by atoms with Crippen LogP contribution in [0, 0.1) is 0 Å². The molecule has 0 radical (unpaired) electrons. The van der Waals surface area contributed by atoms with Crippen LogP contribution in [0.1, 0.15) is 10.4 Å². The van der Waals surface area contributed by atoms with Gasteiger partial charge < -0.3 is 4.74 Å². The van der Waals surface area contributed by atoms with E-state index in [1.807, 2.05) is 65.6 Å². The minimum atomic E-state index is -0.579. The maximum atomic E-state index is 12.2. The maximum Gasteiger partial charge on any atom is 0.226 e. The molecule has 2 aromatic heterocycles. The average molecular weight is 417 g/mol. The quantitative estimate of drug-likeness (QED) is 0.158. The Morgan fingerprint density at radius 2 is 1.56 bits per heavy atom. The van der Waals surface area contributed by atoms with E-state index in [-0.39, 0.29) is 0 Å². The molecule has 152 valence electrons. The number of anilines is 3. The molecule has 0 spiro atoms. The first-order valence-corrected chi connectivity index (χ1v) is 10.1. The fraction of sp³-hybridized carbons (Fsp3) is 0. The van der Waals surface area contributed by atoms with Crippen molar-refractivity contribution in [2.45, 2.75) is 0 Å². The first-order valence-electron chi connectivity index (χ1n) is 10.1. The van der Waals surface area contributed by atoms with Crippen LogP contribution in [0.4, 0.5) is 17.2 Å². The van der Waals surface area contributed by atoms with Crippen LogP contribution in [0.2, 0.25) is 0 Å². The molecule has 1 aliphatic heterocycles. The molecule has 0 N–H and O–H groups in total. The zero-order chi connectivity index (χ0) is 21.7. The van der Waals surface area contributed by atoms with E-state index in [9.17, 15) is 9.59 Å². The van der Waals surface area contributed by atoms with Crippen LogP contribution in [0.3, 0.4) is 0 Å². The molecule has 0 fully saturated rings. The van der Waals surface area contributed by atoms with Crippen LogP contribution >= 0.6 is 0 Å². The maximum absolute atomic E-state index is 12.2. The summed E-state index contributed by atoms with van der Waals surface area (Å²) < 4.78 is 6.09. The number of rotatable bonds is 3. The minimum Gasteiger partial charge on any atom is -0.453 e. The summed E-state index contributed by atoms with van der Waals surface area (Å²) in [5.74, 6) is 1.60. The van der Waals surface area contributed by atoms with E-state index < -0.39 is 5.78 Å². The molecule has 0 aliphatic carbocycles. The van der Waals surface area contributed by atoms with Crippen molar-refractivity contribution in [3.63, 3.8) is 0 Å². The number of carbonyl (C=O) groups excluding carboxylic acids is 2. The first kappa shape index (κ1) is 18.2. The lowest BCUT2D eigenvalue weighted by Gasteiger charge is -2.32. The van der Waals surface area contributed by atoms with Crippen molar-refractivity contribution in [3.05, 3.63) is 90.6 Å². The third kappa shape index (κ3) is 2.66. The number of ketones is 1. The smallest absolute Gasteiger partial charge is 0.226 e. The number of pyridine rings is 2. The average Bonchev–Trinajstić information content (AvgIpc) is 2.86. The Morgan fingerprint density at radius 1 is 0.844 bits per heavy atom. The van der Waals surface area contributed by atoms with Crippen molar-refractivity contribution >= 4 is 51.1 Å². The number of fused-ring (bicyclic) bond motifs is 5. The Kier molecular flexibility index (Phi) is 3.98. The van der Waals surface area contributed by atoms with Crippen LogP contribution in [0.5, 0.6) is 11.5 Å². The van der Waals surface area contributed by atoms with Crippen LogP contribution < -0.4 is 9.64 Å². The fourth-order valence-electron chi connectivity index (χ4n) is 4.15. The van der Waals surface area contributed by atoms with Gasteiger partial charge in [-0.05, 0) is 48.5 Å².